The summed E-state index contributed by atoms with van der Waals surface area (Å²) < 4.78 is 4.83. The van der Waals surface area contributed by atoms with E-state index in [1.165, 1.54) is 0 Å². The van der Waals surface area contributed by atoms with Gasteiger partial charge in [0, 0.05) is 19.9 Å². The van der Waals surface area contributed by atoms with Crippen molar-refractivity contribution < 1.29 is 9.84 Å². The maximum atomic E-state index is 9.43. The number of nitrogens with zero attached hydrogens (tertiary/aromatic N) is 1. The zero-order valence-corrected chi connectivity index (χ0v) is 9.73. The smallest absolute Gasteiger partial charge is 0.149 e. The molecule has 0 spiro atoms. The topological polar surface area (TPSA) is 80.4 Å². The molecule has 0 aliphatic heterocycles. The number of methoxy groups -OCH3 is 1. The van der Waals surface area contributed by atoms with Gasteiger partial charge >= 0.3 is 0 Å². The number of rotatable bonds is 6. The first-order chi connectivity index (χ1) is 7.65. The van der Waals surface area contributed by atoms with E-state index in [2.05, 4.69) is 10.3 Å². The molecule has 1 atom stereocenters. The Morgan fingerprint density at radius 1 is 1.62 bits per heavy atom. The second kappa shape index (κ2) is 6.30. The number of nitrogen functional groups attached to an aromatic ring is 1. The van der Waals surface area contributed by atoms with Crippen molar-refractivity contribution in [3.8, 4) is 0 Å². The molecule has 90 valence electrons. The van der Waals surface area contributed by atoms with Gasteiger partial charge in [0.1, 0.15) is 5.82 Å². The second-order valence-electron chi connectivity index (χ2n) is 3.71. The number of aromatic nitrogens is 1. The summed E-state index contributed by atoms with van der Waals surface area (Å²) in [7, 11) is 1.57. The highest BCUT2D eigenvalue weighted by atomic mass is 16.5. The van der Waals surface area contributed by atoms with E-state index in [4.69, 9.17) is 10.5 Å². The number of pyridine rings is 1. The highest BCUT2D eigenvalue weighted by Gasteiger charge is 2.05. The average Bonchev–Trinajstić information content (AvgIpc) is 2.25. The van der Waals surface area contributed by atoms with Gasteiger partial charge in [-0.25, -0.2) is 4.98 Å². The minimum Gasteiger partial charge on any atom is -0.396 e. The molecular formula is C11H19N3O2. The molecule has 0 aliphatic carbocycles. The van der Waals surface area contributed by atoms with Crippen molar-refractivity contribution in [1.29, 1.82) is 0 Å². The number of nitrogens with one attached hydrogen (secondary N) is 1. The summed E-state index contributed by atoms with van der Waals surface area (Å²) >= 11 is 0. The van der Waals surface area contributed by atoms with Crippen LogP contribution in [0, 0.1) is 6.92 Å². The first kappa shape index (κ1) is 12.7. The lowest BCUT2D eigenvalue weighted by Crippen LogP contribution is -2.19. The fourth-order valence-corrected chi connectivity index (χ4v) is 1.34. The standard InChI is InChI=1S/C11H19N3O2/c1-8-3-5-13-11(10(8)12)14-6-4-9(15)7-16-2/h3,5,9,15H,4,6-7,12H2,1-2H3,(H,13,14). The Hall–Kier alpha value is -1.33. The lowest BCUT2D eigenvalue weighted by molar-refractivity contribution is 0.0615. The van der Waals surface area contributed by atoms with Crippen LogP contribution in [0.25, 0.3) is 0 Å². The van der Waals surface area contributed by atoms with E-state index in [9.17, 15) is 5.11 Å². The molecule has 16 heavy (non-hydrogen) atoms. The third-order valence-electron chi connectivity index (χ3n) is 2.34. The molecule has 4 N–H and O–H groups in total. The Bertz CT molecular complexity index is 331. The predicted molar refractivity (Wildman–Crippen MR) is 64.4 cm³/mol. The third-order valence-corrected chi connectivity index (χ3v) is 2.34. The van der Waals surface area contributed by atoms with Crippen LogP contribution in [-0.2, 0) is 4.74 Å². The van der Waals surface area contributed by atoms with Crippen LogP contribution in [0.1, 0.15) is 12.0 Å². The monoisotopic (exact) mass is 225 g/mol. The second-order valence-corrected chi connectivity index (χ2v) is 3.71. The maximum absolute atomic E-state index is 9.43. The quantitative estimate of drug-likeness (QED) is 0.666. The molecule has 1 rings (SSSR count). The normalized spacial score (nSPS) is 12.4. The summed E-state index contributed by atoms with van der Waals surface area (Å²) in [5, 5.41) is 12.5. The highest BCUT2D eigenvalue weighted by molar-refractivity contribution is 5.64. The predicted octanol–water partition coefficient (Wildman–Crippen LogP) is 0.782. The van der Waals surface area contributed by atoms with Gasteiger partial charge in [-0.2, -0.15) is 0 Å². The maximum Gasteiger partial charge on any atom is 0.149 e. The first-order valence-electron chi connectivity index (χ1n) is 5.27. The molecule has 0 saturated carbocycles. The van der Waals surface area contributed by atoms with E-state index in [0.29, 0.717) is 31.1 Å². The van der Waals surface area contributed by atoms with Gasteiger partial charge in [-0.1, -0.05) is 0 Å². The number of hydrogen-bond acceptors (Lipinski definition) is 5. The molecule has 0 radical (unpaired) electrons. The number of hydrogen-bond donors (Lipinski definition) is 3. The summed E-state index contributed by atoms with van der Waals surface area (Å²) in [4.78, 5) is 4.13. The van der Waals surface area contributed by atoms with E-state index in [1.54, 1.807) is 13.3 Å². The van der Waals surface area contributed by atoms with Crippen molar-refractivity contribution >= 4 is 11.5 Å². The molecule has 0 saturated heterocycles. The summed E-state index contributed by atoms with van der Waals surface area (Å²) in [5.74, 6) is 0.671. The Balaban J connectivity index is 2.40. The van der Waals surface area contributed by atoms with E-state index in [1.807, 2.05) is 13.0 Å². The average molecular weight is 225 g/mol. The Labute approximate surface area is 95.6 Å². The molecule has 1 heterocycles. The lowest BCUT2D eigenvalue weighted by atomic mass is 10.2. The van der Waals surface area contributed by atoms with Gasteiger partial charge in [-0.15, -0.1) is 0 Å². The molecule has 0 aliphatic rings. The Kier molecular flexibility index (Phi) is 5.01. The van der Waals surface area contributed by atoms with Crippen LogP contribution in [0.3, 0.4) is 0 Å². The molecule has 0 fully saturated rings. The van der Waals surface area contributed by atoms with E-state index >= 15 is 0 Å². The summed E-state index contributed by atoms with van der Waals surface area (Å²) in [6.45, 7) is 2.89. The van der Waals surface area contributed by atoms with Crippen LogP contribution in [0.4, 0.5) is 11.5 Å². The SMILES string of the molecule is COCC(O)CCNc1nccc(C)c1N. The van der Waals surface area contributed by atoms with E-state index in [0.717, 1.165) is 5.56 Å². The van der Waals surface area contributed by atoms with E-state index < -0.39 is 6.10 Å². The molecule has 1 unspecified atom stereocenters. The molecule has 0 aromatic carbocycles. The van der Waals surface area contributed by atoms with Crippen LogP contribution in [0.2, 0.25) is 0 Å². The minimum absolute atomic E-state index is 0.346. The van der Waals surface area contributed by atoms with E-state index in [-0.39, 0.29) is 0 Å². The van der Waals surface area contributed by atoms with Crippen molar-refractivity contribution in [1.82, 2.24) is 4.98 Å². The first-order valence-corrected chi connectivity index (χ1v) is 5.27. The Morgan fingerprint density at radius 3 is 3.06 bits per heavy atom. The van der Waals surface area contributed by atoms with Crippen molar-refractivity contribution in [2.45, 2.75) is 19.4 Å². The van der Waals surface area contributed by atoms with Gasteiger partial charge in [-0.05, 0) is 25.0 Å². The van der Waals surface area contributed by atoms with Gasteiger partial charge in [0.05, 0.1) is 18.4 Å². The minimum atomic E-state index is -0.455. The van der Waals surface area contributed by atoms with Gasteiger partial charge in [0.2, 0.25) is 0 Å². The van der Waals surface area contributed by atoms with Crippen molar-refractivity contribution in [2.24, 2.45) is 0 Å². The molecule has 0 amide bonds. The largest absolute Gasteiger partial charge is 0.396 e. The zero-order valence-electron chi connectivity index (χ0n) is 9.73. The van der Waals surface area contributed by atoms with Gasteiger partial charge in [0.25, 0.3) is 0 Å². The zero-order chi connectivity index (χ0) is 12.0. The van der Waals surface area contributed by atoms with Gasteiger partial charge < -0.3 is 20.9 Å². The van der Waals surface area contributed by atoms with Gasteiger partial charge in [0.15, 0.2) is 0 Å². The molecule has 1 aromatic heterocycles. The van der Waals surface area contributed by atoms with Crippen molar-refractivity contribution in [3.05, 3.63) is 17.8 Å². The number of ether oxygens (including phenoxy) is 1. The van der Waals surface area contributed by atoms with Crippen molar-refractivity contribution in [3.63, 3.8) is 0 Å². The van der Waals surface area contributed by atoms with Crippen LogP contribution in [-0.4, -0.2) is 36.5 Å². The number of aryl methyl sites for hydroxylation is 1. The van der Waals surface area contributed by atoms with Crippen LogP contribution < -0.4 is 11.1 Å². The van der Waals surface area contributed by atoms with Gasteiger partial charge in [-0.3, -0.25) is 0 Å². The number of aliphatic hydroxyl groups excluding tert-OH is 1. The lowest BCUT2D eigenvalue weighted by Gasteiger charge is -2.12. The number of aliphatic hydroxyl groups is 1. The van der Waals surface area contributed by atoms with Crippen molar-refractivity contribution in [2.75, 3.05) is 31.3 Å². The molecule has 5 heteroatoms. The molecule has 0 bridgehead atoms. The molecule has 1 aromatic rings. The summed E-state index contributed by atoms with van der Waals surface area (Å²) in [6.07, 6.45) is 1.85. The van der Waals surface area contributed by atoms with Crippen LogP contribution >= 0.6 is 0 Å². The van der Waals surface area contributed by atoms with Crippen LogP contribution in [0.5, 0.6) is 0 Å². The fraction of sp³-hybridized carbons (Fsp3) is 0.545. The number of anilines is 2. The van der Waals surface area contributed by atoms with Crippen LogP contribution in [0.15, 0.2) is 12.3 Å². The summed E-state index contributed by atoms with van der Waals surface area (Å²) in [6, 6.07) is 1.86. The fourth-order valence-electron chi connectivity index (χ4n) is 1.34. The summed E-state index contributed by atoms with van der Waals surface area (Å²) in [5.41, 5.74) is 7.50. The Morgan fingerprint density at radius 2 is 2.38 bits per heavy atom. The highest BCUT2D eigenvalue weighted by Crippen LogP contribution is 2.18. The number of nitrogens with two attached hydrogens (primary N) is 1. The third kappa shape index (κ3) is 3.67. The molecule has 5 nitrogen and oxygen atoms in total. The molecular weight excluding hydrogens is 206 g/mol.